The molecular formula is C8H14BP. The van der Waals surface area contributed by atoms with Gasteiger partial charge in [-0.3, -0.25) is 0 Å². The van der Waals surface area contributed by atoms with Crippen LogP contribution in [0.25, 0.3) is 0 Å². The van der Waals surface area contributed by atoms with Crippen molar-refractivity contribution in [3.63, 3.8) is 0 Å². The average molecular weight is 152 g/mol. The second-order valence-corrected chi connectivity index (χ2v) is 8.69. The van der Waals surface area contributed by atoms with Crippen LogP contribution in [0.3, 0.4) is 0 Å². The number of hydrogen-bond acceptors (Lipinski definition) is 0. The van der Waals surface area contributed by atoms with Gasteiger partial charge in [-0.2, -0.15) is 0 Å². The zero-order valence-electron chi connectivity index (χ0n) is 6.89. The zero-order chi connectivity index (χ0) is 7.61. The van der Waals surface area contributed by atoms with Gasteiger partial charge in [-0.15, -0.1) is 0 Å². The van der Waals surface area contributed by atoms with Crippen LogP contribution in [0.4, 0.5) is 0 Å². The normalized spacial score (nSPS) is 13.0. The van der Waals surface area contributed by atoms with Crippen molar-refractivity contribution in [2.24, 2.45) is 0 Å². The molecule has 1 aromatic rings. The maximum absolute atomic E-state index is 2.36. The summed E-state index contributed by atoms with van der Waals surface area (Å²) in [6.45, 7) is 4.73. The summed E-state index contributed by atoms with van der Waals surface area (Å²) in [4.78, 5) is 0. The summed E-state index contributed by atoms with van der Waals surface area (Å²) < 4.78 is 0. The monoisotopic (exact) mass is 152 g/mol. The van der Waals surface area contributed by atoms with Crippen LogP contribution in [0.15, 0.2) is 30.3 Å². The van der Waals surface area contributed by atoms with Crippen molar-refractivity contribution in [1.29, 1.82) is 0 Å². The van der Waals surface area contributed by atoms with E-state index in [-0.39, 0.29) is 0 Å². The van der Waals surface area contributed by atoms with Gasteiger partial charge >= 0.3 is 63.7 Å². The van der Waals surface area contributed by atoms with Crippen molar-refractivity contribution in [3.05, 3.63) is 30.3 Å². The molecule has 0 N–H and O–H groups in total. The summed E-state index contributed by atoms with van der Waals surface area (Å²) in [6, 6.07) is 10.8. The minimum absolute atomic E-state index is 1.03. The first-order chi connectivity index (χ1) is 4.61. The van der Waals surface area contributed by atoms with Crippen LogP contribution >= 0.6 is 7.14 Å². The fourth-order valence-corrected chi connectivity index (χ4v) is 2.13. The van der Waals surface area contributed by atoms with Gasteiger partial charge in [-0.05, 0) is 0 Å². The Morgan fingerprint density at radius 1 is 1.10 bits per heavy atom. The first kappa shape index (κ1) is 7.82. The van der Waals surface area contributed by atoms with Gasteiger partial charge in [0.1, 0.15) is 0 Å². The first-order valence-electron chi connectivity index (χ1n) is 3.66. The Hall–Kier alpha value is -0.285. The minimum atomic E-state index is -1.03. The van der Waals surface area contributed by atoms with Crippen LogP contribution in [-0.2, 0) is 0 Å². The molecule has 0 aliphatic heterocycles. The van der Waals surface area contributed by atoms with Crippen molar-refractivity contribution < 1.29 is 0 Å². The third-order valence-corrected chi connectivity index (χ3v) is 3.71. The van der Waals surface area contributed by atoms with Crippen molar-refractivity contribution in [2.45, 2.75) is 0 Å². The predicted molar refractivity (Wildman–Crippen MR) is 54.8 cm³/mol. The summed E-state index contributed by atoms with van der Waals surface area (Å²) >= 11 is 0. The summed E-state index contributed by atoms with van der Waals surface area (Å²) in [7, 11) is 1.33. The van der Waals surface area contributed by atoms with Gasteiger partial charge in [0, 0.05) is 0 Å². The van der Waals surface area contributed by atoms with Crippen LogP contribution in [0.5, 0.6) is 0 Å². The van der Waals surface area contributed by atoms with E-state index < -0.39 is 7.14 Å². The van der Waals surface area contributed by atoms with E-state index in [1.54, 1.807) is 0 Å². The van der Waals surface area contributed by atoms with E-state index in [2.05, 4.69) is 51.2 Å². The molecule has 0 aliphatic rings. The molecule has 1 rings (SSSR count). The molecule has 1 aromatic carbocycles. The second-order valence-electron chi connectivity index (χ2n) is 3.62. The molecule has 0 nitrogen and oxygen atoms in total. The Kier molecular flexibility index (Phi) is 2.16. The molecule has 0 saturated carbocycles. The predicted octanol–water partition coefficient (Wildman–Crippen LogP) is 0.869. The molecule has 0 bridgehead atoms. The molecule has 0 radical (unpaired) electrons. The molecule has 0 saturated heterocycles. The quantitative estimate of drug-likeness (QED) is 0.413. The molecule has 0 amide bonds. The molecular weight excluding hydrogens is 138 g/mol. The molecule has 0 atom stereocenters. The molecule has 10 heavy (non-hydrogen) atoms. The van der Waals surface area contributed by atoms with E-state index in [0.717, 1.165) is 0 Å². The van der Waals surface area contributed by atoms with Crippen LogP contribution in [0, 0.1) is 0 Å². The topological polar surface area (TPSA) is 0 Å². The van der Waals surface area contributed by atoms with Gasteiger partial charge in [-0.25, -0.2) is 0 Å². The molecule has 54 valence electrons. The van der Waals surface area contributed by atoms with Gasteiger partial charge < -0.3 is 0 Å². The van der Waals surface area contributed by atoms with E-state index in [0.29, 0.717) is 0 Å². The average Bonchev–Trinajstić information content (AvgIpc) is 1.88. The van der Waals surface area contributed by atoms with Gasteiger partial charge in [0.2, 0.25) is 0 Å². The molecule has 0 aromatic heterocycles. The van der Waals surface area contributed by atoms with Crippen molar-refractivity contribution >= 4 is 20.0 Å². The molecule has 0 fully saturated rings. The second kappa shape index (κ2) is 2.76. The first-order valence-corrected chi connectivity index (χ1v) is 7.16. The van der Waals surface area contributed by atoms with Gasteiger partial charge in [0.25, 0.3) is 0 Å². The Balaban J connectivity index is 2.97. The fourth-order valence-electron chi connectivity index (χ4n) is 0.938. The van der Waals surface area contributed by atoms with Gasteiger partial charge in [0.05, 0.1) is 0 Å². The SMILES string of the molecule is B[PH](C)(C)c1ccccc1. The summed E-state index contributed by atoms with van der Waals surface area (Å²) in [6.07, 6.45) is 0. The van der Waals surface area contributed by atoms with Crippen molar-refractivity contribution in [3.8, 4) is 0 Å². The molecule has 0 unspecified atom stereocenters. The zero-order valence-corrected chi connectivity index (χ0v) is 7.89. The summed E-state index contributed by atoms with van der Waals surface area (Å²) in [5.74, 6) is 0. The Bertz CT molecular complexity index is 200. The molecule has 0 spiro atoms. The summed E-state index contributed by atoms with van der Waals surface area (Å²) in [5.41, 5.74) is 0. The Morgan fingerprint density at radius 2 is 1.60 bits per heavy atom. The number of rotatable bonds is 1. The van der Waals surface area contributed by atoms with Crippen LogP contribution in [-0.4, -0.2) is 20.9 Å². The van der Waals surface area contributed by atoms with E-state index in [1.165, 1.54) is 5.30 Å². The third kappa shape index (κ3) is 1.85. The number of benzene rings is 1. The van der Waals surface area contributed by atoms with E-state index in [4.69, 9.17) is 0 Å². The van der Waals surface area contributed by atoms with E-state index >= 15 is 0 Å². The Labute approximate surface area is 64.4 Å². The van der Waals surface area contributed by atoms with Crippen LogP contribution in [0.2, 0.25) is 0 Å². The molecule has 2 heteroatoms. The number of hydrogen-bond donors (Lipinski definition) is 0. The van der Waals surface area contributed by atoms with Crippen LogP contribution in [0.1, 0.15) is 0 Å². The van der Waals surface area contributed by atoms with Crippen molar-refractivity contribution in [2.75, 3.05) is 13.3 Å². The third-order valence-electron chi connectivity index (χ3n) is 1.64. The van der Waals surface area contributed by atoms with Crippen LogP contribution < -0.4 is 5.30 Å². The maximum atomic E-state index is 2.36. The van der Waals surface area contributed by atoms with E-state index in [9.17, 15) is 0 Å². The summed E-state index contributed by atoms with van der Waals surface area (Å²) in [5, 5.41) is 1.54. The van der Waals surface area contributed by atoms with Crippen molar-refractivity contribution in [1.82, 2.24) is 0 Å². The van der Waals surface area contributed by atoms with Gasteiger partial charge in [-0.1, -0.05) is 0 Å². The Morgan fingerprint density at radius 3 is 1.90 bits per heavy atom. The van der Waals surface area contributed by atoms with Gasteiger partial charge in [0.15, 0.2) is 0 Å². The fraction of sp³-hybridized carbons (Fsp3) is 0.250. The molecule has 0 aliphatic carbocycles. The molecule has 0 heterocycles. The van der Waals surface area contributed by atoms with E-state index in [1.807, 2.05) is 0 Å². The standard InChI is InChI=1S/C8H14BP/c1-10(2,9)8-6-4-3-5-7-8/h3-7,10H,9H2,1-2H3.